The van der Waals surface area contributed by atoms with E-state index in [1.54, 1.807) is 11.3 Å². The third-order valence-corrected chi connectivity index (χ3v) is 4.31. The van der Waals surface area contributed by atoms with Crippen LogP contribution in [0.4, 0.5) is 0 Å². The van der Waals surface area contributed by atoms with Crippen LogP contribution in [0.1, 0.15) is 32.0 Å². The van der Waals surface area contributed by atoms with Gasteiger partial charge in [0.1, 0.15) is 0 Å². The van der Waals surface area contributed by atoms with E-state index in [2.05, 4.69) is 55.4 Å². The average Bonchev–Trinajstić information content (AvgIpc) is 2.97. The smallest absolute Gasteiger partial charge is 0.194 e. The number of benzene rings is 1. The summed E-state index contributed by atoms with van der Waals surface area (Å²) < 4.78 is 2.04. The van der Waals surface area contributed by atoms with Crippen molar-refractivity contribution in [1.82, 2.24) is 9.38 Å². The van der Waals surface area contributed by atoms with E-state index < -0.39 is 0 Å². The van der Waals surface area contributed by atoms with Crippen molar-refractivity contribution < 1.29 is 5.11 Å². The Kier molecular flexibility index (Phi) is 3.15. The Bertz CT molecular complexity index is 732. The summed E-state index contributed by atoms with van der Waals surface area (Å²) in [6, 6.07) is 8.67. The van der Waals surface area contributed by atoms with Crippen LogP contribution in [0.25, 0.3) is 16.2 Å². The summed E-state index contributed by atoms with van der Waals surface area (Å²) in [7, 11) is 0. The highest BCUT2D eigenvalue weighted by atomic mass is 32.1. The van der Waals surface area contributed by atoms with Gasteiger partial charge < -0.3 is 5.11 Å². The molecule has 3 rings (SSSR count). The Morgan fingerprint density at radius 1 is 1.20 bits per heavy atom. The summed E-state index contributed by atoms with van der Waals surface area (Å²) in [6.45, 7) is 6.63. The van der Waals surface area contributed by atoms with Gasteiger partial charge in [-0.25, -0.2) is 4.98 Å². The largest absolute Gasteiger partial charge is 0.390 e. The number of rotatable bonds is 2. The minimum atomic E-state index is -0.0171. The first-order valence-electron chi connectivity index (χ1n) is 6.66. The molecule has 3 aromatic rings. The highest BCUT2D eigenvalue weighted by Crippen LogP contribution is 2.29. The van der Waals surface area contributed by atoms with Crippen LogP contribution < -0.4 is 0 Å². The van der Waals surface area contributed by atoms with E-state index in [1.807, 2.05) is 10.6 Å². The number of imidazole rings is 1. The molecule has 0 unspecified atom stereocenters. The van der Waals surface area contributed by atoms with Crippen LogP contribution in [-0.4, -0.2) is 14.5 Å². The maximum atomic E-state index is 9.17. The summed E-state index contributed by atoms with van der Waals surface area (Å²) in [5, 5.41) is 11.3. The molecule has 1 aromatic carbocycles. The maximum absolute atomic E-state index is 9.17. The summed E-state index contributed by atoms with van der Waals surface area (Å²) >= 11 is 1.60. The second kappa shape index (κ2) is 4.72. The van der Waals surface area contributed by atoms with Gasteiger partial charge >= 0.3 is 0 Å². The molecule has 0 fully saturated rings. The lowest BCUT2D eigenvalue weighted by atomic mass is 9.86. The fourth-order valence-electron chi connectivity index (χ4n) is 2.26. The second-order valence-electron chi connectivity index (χ2n) is 5.99. The van der Waals surface area contributed by atoms with Crippen molar-refractivity contribution in [2.24, 2.45) is 0 Å². The normalized spacial score (nSPS) is 12.2. The molecule has 0 bridgehead atoms. The molecule has 0 saturated carbocycles. The Morgan fingerprint density at radius 3 is 2.50 bits per heavy atom. The highest BCUT2D eigenvalue weighted by Gasteiger charge is 2.14. The van der Waals surface area contributed by atoms with E-state index in [1.165, 1.54) is 11.1 Å². The van der Waals surface area contributed by atoms with Crippen LogP contribution in [0, 0.1) is 0 Å². The minimum Gasteiger partial charge on any atom is -0.390 e. The molecule has 0 aliphatic rings. The van der Waals surface area contributed by atoms with Crippen LogP contribution in [-0.2, 0) is 12.0 Å². The predicted molar refractivity (Wildman–Crippen MR) is 83.1 cm³/mol. The Labute approximate surface area is 122 Å². The zero-order chi connectivity index (χ0) is 14.3. The summed E-state index contributed by atoms with van der Waals surface area (Å²) in [5.74, 6) is 0. The van der Waals surface area contributed by atoms with Gasteiger partial charge in [-0.1, -0.05) is 45.0 Å². The summed E-state index contributed by atoms with van der Waals surface area (Å²) in [4.78, 5) is 5.29. The number of thiazole rings is 1. The van der Waals surface area contributed by atoms with Gasteiger partial charge in [0, 0.05) is 11.6 Å². The fraction of sp³-hybridized carbons (Fsp3) is 0.312. The van der Waals surface area contributed by atoms with E-state index in [4.69, 9.17) is 0 Å². The summed E-state index contributed by atoms with van der Waals surface area (Å²) in [5.41, 5.74) is 4.50. The molecule has 104 valence electrons. The molecule has 0 aliphatic carbocycles. The SMILES string of the molecule is CC(C)(C)c1ccc(-c2csc3nc(CO)cn23)cc1. The lowest BCUT2D eigenvalue weighted by molar-refractivity contribution is 0.277. The molecular weight excluding hydrogens is 268 g/mol. The molecule has 0 saturated heterocycles. The Hall–Kier alpha value is -1.65. The van der Waals surface area contributed by atoms with E-state index in [9.17, 15) is 5.11 Å². The predicted octanol–water partition coefficient (Wildman–Crippen LogP) is 3.85. The van der Waals surface area contributed by atoms with E-state index in [0.717, 1.165) is 10.7 Å². The first-order chi connectivity index (χ1) is 9.49. The van der Waals surface area contributed by atoms with Gasteiger partial charge in [-0.05, 0) is 16.5 Å². The number of aliphatic hydroxyl groups excluding tert-OH is 1. The van der Waals surface area contributed by atoms with Crippen molar-refractivity contribution in [3.8, 4) is 11.3 Å². The number of nitrogens with zero attached hydrogens (tertiary/aromatic N) is 2. The Morgan fingerprint density at radius 2 is 1.90 bits per heavy atom. The fourth-order valence-corrected chi connectivity index (χ4v) is 3.16. The molecule has 4 heteroatoms. The van der Waals surface area contributed by atoms with Crippen LogP contribution >= 0.6 is 11.3 Å². The number of aliphatic hydroxyl groups is 1. The molecule has 2 aromatic heterocycles. The third-order valence-electron chi connectivity index (χ3n) is 3.47. The van der Waals surface area contributed by atoms with E-state index >= 15 is 0 Å². The van der Waals surface area contributed by atoms with Gasteiger partial charge in [-0.15, -0.1) is 11.3 Å². The molecular formula is C16H18N2OS. The first-order valence-corrected chi connectivity index (χ1v) is 7.54. The molecule has 2 heterocycles. The van der Waals surface area contributed by atoms with Gasteiger partial charge in [-0.3, -0.25) is 4.40 Å². The topological polar surface area (TPSA) is 37.5 Å². The number of hydrogen-bond donors (Lipinski definition) is 1. The first kappa shape index (κ1) is 13.3. The molecule has 20 heavy (non-hydrogen) atoms. The van der Waals surface area contributed by atoms with Crippen molar-refractivity contribution in [1.29, 1.82) is 0 Å². The zero-order valence-corrected chi connectivity index (χ0v) is 12.7. The van der Waals surface area contributed by atoms with Crippen molar-refractivity contribution in [2.75, 3.05) is 0 Å². The zero-order valence-electron chi connectivity index (χ0n) is 11.9. The number of hydrogen-bond acceptors (Lipinski definition) is 3. The molecule has 0 atom stereocenters. The molecule has 0 amide bonds. The molecule has 0 aliphatic heterocycles. The van der Waals surface area contributed by atoms with Crippen LogP contribution in [0.15, 0.2) is 35.8 Å². The van der Waals surface area contributed by atoms with Gasteiger partial charge in [0.15, 0.2) is 4.96 Å². The molecule has 0 radical (unpaired) electrons. The van der Waals surface area contributed by atoms with Crippen molar-refractivity contribution in [2.45, 2.75) is 32.8 Å². The van der Waals surface area contributed by atoms with Crippen molar-refractivity contribution >= 4 is 16.3 Å². The lowest BCUT2D eigenvalue weighted by Crippen LogP contribution is -2.10. The van der Waals surface area contributed by atoms with Gasteiger partial charge in [0.05, 0.1) is 18.0 Å². The van der Waals surface area contributed by atoms with Crippen LogP contribution in [0.3, 0.4) is 0 Å². The Balaban J connectivity index is 2.04. The van der Waals surface area contributed by atoms with Gasteiger partial charge in [0.2, 0.25) is 0 Å². The molecule has 0 spiro atoms. The lowest BCUT2D eigenvalue weighted by Gasteiger charge is -2.19. The molecule has 1 N–H and O–H groups in total. The highest BCUT2D eigenvalue weighted by molar-refractivity contribution is 7.15. The minimum absolute atomic E-state index is 0.0171. The molecule has 3 nitrogen and oxygen atoms in total. The third kappa shape index (κ3) is 2.25. The van der Waals surface area contributed by atoms with Crippen molar-refractivity contribution in [3.63, 3.8) is 0 Å². The van der Waals surface area contributed by atoms with E-state index in [-0.39, 0.29) is 12.0 Å². The standard InChI is InChI=1S/C16H18N2OS/c1-16(2,3)12-6-4-11(5-7-12)14-10-20-15-17-13(9-19)8-18(14)15/h4-8,10,19H,9H2,1-3H3. The van der Waals surface area contributed by atoms with Crippen LogP contribution in [0.2, 0.25) is 0 Å². The van der Waals surface area contributed by atoms with E-state index in [0.29, 0.717) is 5.69 Å². The number of aromatic nitrogens is 2. The quantitative estimate of drug-likeness (QED) is 0.777. The van der Waals surface area contributed by atoms with Gasteiger partial charge in [-0.2, -0.15) is 0 Å². The van der Waals surface area contributed by atoms with Crippen LogP contribution in [0.5, 0.6) is 0 Å². The summed E-state index contributed by atoms with van der Waals surface area (Å²) in [6.07, 6.45) is 1.90. The second-order valence-corrected chi connectivity index (χ2v) is 6.83. The van der Waals surface area contributed by atoms with Gasteiger partial charge in [0.25, 0.3) is 0 Å². The van der Waals surface area contributed by atoms with Crippen molar-refractivity contribution in [3.05, 3.63) is 47.1 Å². The number of fused-ring (bicyclic) bond motifs is 1. The monoisotopic (exact) mass is 286 g/mol. The maximum Gasteiger partial charge on any atom is 0.194 e. The average molecular weight is 286 g/mol.